The van der Waals surface area contributed by atoms with E-state index < -0.39 is 24.6 Å². The van der Waals surface area contributed by atoms with Crippen LogP contribution < -0.4 is 4.74 Å². The van der Waals surface area contributed by atoms with Gasteiger partial charge in [-0.15, -0.1) is 0 Å². The van der Waals surface area contributed by atoms with Gasteiger partial charge < -0.3 is 9.64 Å². The summed E-state index contributed by atoms with van der Waals surface area (Å²) >= 11 is 0. The Labute approximate surface area is 132 Å². The molecule has 1 heterocycles. The molecule has 2 nitrogen and oxygen atoms in total. The molecule has 0 amide bonds. The third-order valence-electron chi connectivity index (χ3n) is 3.47. The molecule has 1 aliphatic heterocycles. The average Bonchev–Trinajstić information content (AvgIpc) is 2.45. The van der Waals surface area contributed by atoms with Crippen molar-refractivity contribution in [3.63, 3.8) is 0 Å². The fourth-order valence-electron chi connectivity index (χ4n) is 2.36. The number of rotatable bonds is 5. The van der Waals surface area contributed by atoms with Gasteiger partial charge >= 0.3 is 0 Å². The second-order valence-corrected chi connectivity index (χ2v) is 5.04. The number of benzene rings is 1. The van der Waals surface area contributed by atoms with E-state index in [2.05, 4.69) is 6.58 Å². The highest BCUT2D eigenvalue weighted by Gasteiger charge is 2.27. The maximum atomic E-state index is 14.3. The summed E-state index contributed by atoms with van der Waals surface area (Å²) in [4.78, 5) is 1.13. The van der Waals surface area contributed by atoms with Gasteiger partial charge in [0, 0.05) is 17.8 Å². The summed E-state index contributed by atoms with van der Waals surface area (Å²) in [7, 11) is 0. The maximum absolute atomic E-state index is 14.3. The van der Waals surface area contributed by atoms with E-state index in [-0.39, 0.29) is 29.3 Å². The highest BCUT2D eigenvalue weighted by Crippen LogP contribution is 2.35. The fraction of sp³-hybridized carbons (Fsp3) is 0.294. The number of hydrogen-bond acceptors (Lipinski definition) is 2. The first-order valence-electron chi connectivity index (χ1n) is 7.10. The van der Waals surface area contributed by atoms with Gasteiger partial charge in [0.15, 0.2) is 0 Å². The second-order valence-electron chi connectivity index (χ2n) is 5.04. The van der Waals surface area contributed by atoms with Gasteiger partial charge in [0.1, 0.15) is 17.4 Å². The molecule has 23 heavy (non-hydrogen) atoms. The van der Waals surface area contributed by atoms with Crippen molar-refractivity contribution in [2.75, 3.05) is 13.2 Å². The molecule has 0 atom stereocenters. The largest absolute Gasteiger partial charge is 0.494 e. The summed E-state index contributed by atoms with van der Waals surface area (Å²) in [5.74, 6) is -1.70. The van der Waals surface area contributed by atoms with Crippen molar-refractivity contribution in [1.29, 1.82) is 0 Å². The van der Waals surface area contributed by atoms with E-state index >= 15 is 0 Å². The van der Waals surface area contributed by atoms with Crippen LogP contribution in [0, 0.1) is 11.6 Å². The quantitative estimate of drug-likeness (QED) is 0.724. The minimum absolute atomic E-state index is 0.0129. The summed E-state index contributed by atoms with van der Waals surface area (Å²) in [6.07, 6.45) is 0.332. The van der Waals surface area contributed by atoms with Crippen LogP contribution in [0.4, 0.5) is 17.6 Å². The minimum Gasteiger partial charge on any atom is -0.494 e. The lowest BCUT2D eigenvalue weighted by Crippen LogP contribution is -2.29. The molecule has 0 unspecified atom stereocenters. The molecule has 0 radical (unpaired) electrons. The molecule has 0 bridgehead atoms. The van der Waals surface area contributed by atoms with Gasteiger partial charge in [-0.3, -0.25) is 0 Å². The first-order valence-corrected chi connectivity index (χ1v) is 7.10. The lowest BCUT2D eigenvalue weighted by molar-refractivity contribution is 0.123. The van der Waals surface area contributed by atoms with Crippen LogP contribution in [0.5, 0.6) is 5.75 Å². The van der Waals surface area contributed by atoms with Crippen molar-refractivity contribution in [3.05, 3.63) is 59.3 Å². The molecular formula is C17H17F4NO. The van der Waals surface area contributed by atoms with Crippen molar-refractivity contribution in [3.8, 4) is 5.75 Å². The lowest BCUT2D eigenvalue weighted by atomic mass is 10.0. The van der Waals surface area contributed by atoms with E-state index in [1.165, 1.54) is 6.08 Å². The predicted molar refractivity (Wildman–Crippen MR) is 81.1 cm³/mol. The van der Waals surface area contributed by atoms with Crippen LogP contribution in [-0.2, 0) is 0 Å². The van der Waals surface area contributed by atoms with Crippen LogP contribution >= 0.6 is 0 Å². The average molecular weight is 327 g/mol. The van der Waals surface area contributed by atoms with Gasteiger partial charge in [-0.1, -0.05) is 12.7 Å². The molecule has 0 spiro atoms. The number of hydrogen-bond donors (Lipinski definition) is 0. The van der Waals surface area contributed by atoms with Crippen LogP contribution in [0.25, 0.3) is 5.70 Å². The Hall–Kier alpha value is -2.24. The molecule has 0 saturated carbocycles. The smallest absolute Gasteiger partial charge is 0.256 e. The van der Waals surface area contributed by atoms with Crippen molar-refractivity contribution in [2.24, 2.45) is 0 Å². The second kappa shape index (κ2) is 6.89. The Kier molecular flexibility index (Phi) is 5.13. The molecular weight excluding hydrogens is 310 g/mol. The minimum atomic E-state index is -2.67. The van der Waals surface area contributed by atoms with Crippen LogP contribution in [0.2, 0.25) is 0 Å². The van der Waals surface area contributed by atoms with Gasteiger partial charge in [-0.25, -0.2) is 17.6 Å². The van der Waals surface area contributed by atoms with Gasteiger partial charge in [0.2, 0.25) is 0 Å². The first-order chi connectivity index (χ1) is 10.8. The molecule has 1 aromatic rings. The van der Waals surface area contributed by atoms with E-state index in [0.29, 0.717) is 5.57 Å². The number of allylic oxidation sites excluding steroid dienone is 3. The van der Waals surface area contributed by atoms with E-state index in [1.807, 2.05) is 0 Å². The lowest BCUT2D eigenvalue weighted by Gasteiger charge is -2.32. The highest BCUT2D eigenvalue weighted by atomic mass is 19.3. The van der Waals surface area contributed by atoms with Gasteiger partial charge in [0.05, 0.1) is 24.4 Å². The molecule has 1 aromatic carbocycles. The van der Waals surface area contributed by atoms with Gasteiger partial charge in [-0.05, 0) is 25.5 Å². The molecule has 124 valence electrons. The summed E-state index contributed by atoms with van der Waals surface area (Å²) in [5, 5.41) is 0. The molecule has 0 aliphatic carbocycles. The third kappa shape index (κ3) is 3.57. The third-order valence-corrected chi connectivity index (χ3v) is 3.47. The molecule has 0 N–H and O–H groups in total. The summed E-state index contributed by atoms with van der Waals surface area (Å²) in [6, 6.07) is 2.08. The van der Waals surface area contributed by atoms with Gasteiger partial charge in [-0.2, -0.15) is 0 Å². The zero-order valence-electron chi connectivity index (χ0n) is 12.9. The maximum Gasteiger partial charge on any atom is 0.256 e. The molecule has 0 aromatic heterocycles. The molecule has 0 fully saturated rings. The Balaban J connectivity index is 2.51. The fourth-order valence-corrected chi connectivity index (χ4v) is 2.36. The van der Waals surface area contributed by atoms with Crippen LogP contribution in [-0.4, -0.2) is 24.5 Å². The number of halogens is 4. The SMILES string of the molecule is C=C1C(C)=CC=C(c2c(F)cc(OCC)cc2F)N1CC(F)F. The molecule has 0 saturated heterocycles. The van der Waals surface area contributed by atoms with E-state index in [4.69, 9.17) is 4.74 Å². The van der Waals surface area contributed by atoms with Crippen LogP contribution in [0.3, 0.4) is 0 Å². The molecule has 2 rings (SSSR count). The Morgan fingerprint density at radius 2 is 1.78 bits per heavy atom. The number of alkyl halides is 2. The van der Waals surface area contributed by atoms with E-state index in [1.54, 1.807) is 19.9 Å². The van der Waals surface area contributed by atoms with E-state index in [9.17, 15) is 17.6 Å². The molecule has 1 aliphatic rings. The Morgan fingerprint density at radius 3 is 2.30 bits per heavy atom. The Bertz CT molecular complexity index is 656. The summed E-state index contributed by atoms with van der Waals surface area (Å²) in [5.41, 5.74) is 0.578. The van der Waals surface area contributed by atoms with Crippen molar-refractivity contribution < 1.29 is 22.3 Å². The topological polar surface area (TPSA) is 12.5 Å². The van der Waals surface area contributed by atoms with Crippen molar-refractivity contribution in [2.45, 2.75) is 20.3 Å². The first kappa shape index (κ1) is 17.1. The standard InChI is InChI=1S/C17H17F4NO/c1-4-23-12-7-13(18)17(14(19)8-12)15-6-5-10(2)11(3)22(15)9-16(20)21/h5-8,16H,3-4,9H2,1-2H3. The molecule has 6 heteroatoms. The monoisotopic (exact) mass is 327 g/mol. The zero-order valence-corrected chi connectivity index (χ0v) is 12.9. The normalized spacial score (nSPS) is 14.9. The van der Waals surface area contributed by atoms with Crippen LogP contribution in [0.15, 0.2) is 42.1 Å². The summed E-state index contributed by atoms with van der Waals surface area (Å²) in [6.45, 7) is 6.68. The Morgan fingerprint density at radius 1 is 1.17 bits per heavy atom. The summed E-state index contributed by atoms with van der Waals surface area (Å²) < 4.78 is 59.4. The number of nitrogens with zero attached hydrogens (tertiary/aromatic N) is 1. The van der Waals surface area contributed by atoms with Gasteiger partial charge in [0.25, 0.3) is 6.43 Å². The number of ether oxygens (including phenoxy) is 1. The zero-order chi connectivity index (χ0) is 17.1. The van der Waals surface area contributed by atoms with Crippen LogP contribution in [0.1, 0.15) is 19.4 Å². The van der Waals surface area contributed by atoms with Crippen molar-refractivity contribution >= 4 is 5.70 Å². The van der Waals surface area contributed by atoms with E-state index in [0.717, 1.165) is 17.0 Å². The van der Waals surface area contributed by atoms with Crippen molar-refractivity contribution in [1.82, 2.24) is 4.90 Å². The predicted octanol–water partition coefficient (Wildman–Crippen LogP) is 4.75. The highest BCUT2D eigenvalue weighted by molar-refractivity contribution is 5.72.